The molecule has 3 fully saturated rings. The fourth-order valence-electron chi connectivity index (χ4n) is 12.8. The number of Topliss-reactive ketones (excluding diaryl/α,β-unsaturated/α-hetero) is 1. The van der Waals surface area contributed by atoms with Gasteiger partial charge in [0, 0.05) is 31.5 Å². The number of allylic oxidation sites excluding steroid dienone is 3. The lowest BCUT2D eigenvalue weighted by Gasteiger charge is -2.71. The summed E-state index contributed by atoms with van der Waals surface area (Å²) in [5, 5.41) is 15.6. The fraction of sp³-hybridized carbons (Fsp3) is 0.721. The van der Waals surface area contributed by atoms with Gasteiger partial charge in [0.2, 0.25) is 0 Å². The molecule has 0 spiro atoms. The molecule has 0 saturated heterocycles. The second-order valence-corrected chi connectivity index (χ2v) is 18.5. The first-order valence-electron chi connectivity index (χ1n) is 19.2. The minimum atomic E-state index is -0.558. The van der Waals surface area contributed by atoms with Gasteiger partial charge >= 0.3 is 5.97 Å². The first-order chi connectivity index (χ1) is 23.0. The zero-order valence-corrected chi connectivity index (χ0v) is 32.2. The Morgan fingerprint density at radius 3 is 2.31 bits per heavy atom. The standard InChI is InChI=1S/C43H64N2O4/c1-27(2)36-32(46)25-43(35(47)26-44-23-24-45(8)9)22-21-41(6)31(37(36)43)15-16-34-40(5)19-17-30(28-11-13-29(14-12-28)38(48)49-10)39(3,4)33(40)18-20-42(34,41)7/h11-14,17,27,31,33-35,44,47H,15-16,18-26H2,1-10H3/t31-,33+,34-,35-,40+,41-,42-,43+/m1/s1. The van der Waals surface area contributed by atoms with Crippen molar-refractivity contribution in [3.63, 3.8) is 0 Å². The van der Waals surface area contributed by atoms with E-state index in [1.165, 1.54) is 43.1 Å². The van der Waals surface area contributed by atoms with Gasteiger partial charge in [-0.05, 0) is 133 Å². The molecule has 6 rings (SSSR count). The lowest BCUT2D eigenvalue weighted by Crippen LogP contribution is -2.64. The molecule has 0 heterocycles. The SMILES string of the molecule is COC(=O)c1ccc(C2=CC[C@]3(C)[C@H]4CC[C@@H]5C6=C(C(C)C)C(=O)C[C@]6([C@H](O)CNCCN(C)C)CC[C@@]5(C)[C@]4(C)CC[C@H]3C2(C)C)cc1. The maximum atomic E-state index is 14.0. The number of aliphatic hydroxyl groups excluding tert-OH is 1. The molecule has 1 aromatic carbocycles. The minimum absolute atomic E-state index is 0.00448. The van der Waals surface area contributed by atoms with Crippen LogP contribution in [-0.4, -0.2) is 68.7 Å². The zero-order chi connectivity index (χ0) is 35.7. The van der Waals surface area contributed by atoms with Crippen molar-refractivity contribution in [2.45, 2.75) is 106 Å². The summed E-state index contributed by atoms with van der Waals surface area (Å²) in [5.74, 6) is 1.63. The monoisotopic (exact) mass is 672 g/mol. The second-order valence-electron chi connectivity index (χ2n) is 18.5. The maximum absolute atomic E-state index is 14.0. The van der Waals surface area contributed by atoms with Gasteiger partial charge in [-0.2, -0.15) is 0 Å². The number of nitrogens with zero attached hydrogens (tertiary/aromatic N) is 1. The van der Waals surface area contributed by atoms with Crippen LogP contribution >= 0.6 is 0 Å². The summed E-state index contributed by atoms with van der Waals surface area (Å²) in [7, 11) is 5.58. The molecule has 0 unspecified atom stereocenters. The van der Waals surface area contributed by atoms with Crippen LogP contribution in [0, 0.1) is 50.7 Å². The molecule has 6 heteroatoms. The van der Waals surface area contributed by atoms with Crippen molar-refractivity contribution in [2.75, 3.05) is 40.8 Å². The van der Waals surface area contributed by atoms with Crippen molar-refractivity contribution in [1.29, 1.82) is 0 Å². The molecule has 0 amide bonds. The van der Waals surface area contributed by atoms with E-state index in [2.05, 4.69) is 91.0 Å². The molecule has 270 valence electrons. The number of nitrogens with one attached hydrogen (secondary N) is 1. The predicted octanol–water partition coefficient (Wildman–Crippen LogP) is 7.96. The molecule has 0 radical (unpaired) electrons. The van der Waals surface area contributed by atoms with Crippen molar-refractivity contribution < 1.29 is 19.4 Å². The Hall–Kier alpha value is -2.28. The number of carbonyl (C=O) groups excluding carboxylic acids is 2. The number of fused-ring (bicyclic) bond motifs is 7. The highest BCUT2D eigenvalue weighted by molar-refractivity contribution is 6.00. The van der Waals surface area contributed by atoms with Crippen molar-refractivity contribution >= 4 is 17.3 Å². The van der Waals surface area contributed by atoms with Crippen LogP contribution in [0.3, 0.4) is 0 Å². The molecule has 5 aliphatic rings. The predicted molar refractivity (Wildman–Crippen MR) is 198 cm³/mol. The van der Waals surface area contributed by atoms with Gasteiger partial charge in [0.15, 0.2) is 5.78 Å². The zero-order valence-electron chi connectivity index (χ0n) is 32.2. The minimum Gasteiger partial charge on any atom is -0.465 e. The Kier molecular flexibility index (Phi) is 9.49. The average molecular weight is 673 g/mol. The van der Waals surface area contributed by atoms with Gasteiger partial charge in [0.05, 0.1) is 18.8 Å². The van der Waals surface area contributed by atoms with Crippen molar-refractivity contribution in [1.82, 2.24) is 10.2 Å². The van der Waals surface area contributed by atoms with E-state index in [-0.39, 0.29) is 39.3 Å². The van der Waals surface area contributed by atoms with Crippen molar-refractivity contribution in [2.24, 2.45) is 50.7 Å². The highest BCUT2D eigenvalue weighted by Gasteiger charge is 2.70. The third kappa shape index (κ3) is 5.44. The lowest BCUT2D eigenvalue weighted by molar-refractivity contribution is -0.200. The molecule has 3 saturated carbocycles. The summed E-state index contributed by atoms with van der Waals surface area (Å²) in [4.78, 5) is 28.2. The Morgan fingerprint density at radius 1 is 0.980 bits per heavy atom. The summed E-state index contributed by atoms with van der Waals surface area (Å²) < 4.78 is 4.95. The number of carbonyl (C=O) groups is 2. The van der Waals surface area contributed by atoms with E-state index < -0.39 is 11.5 Å². The van der Waals surface area contributed by atoms with Crippen molar-refractivity contribution in [3.8, 4) is 0 Å². The number of ketones is 1. The second kappa shape index (κ2) is 12.7. The summed E-state index contributed by atoms with van der Waals surface area (Å²) >= 11 is 0. The third-order valence-corrected chi connectivity index (χ3v) is 15.4. The van der Waals surface area contributed by atoms with Crippen LogP contribution in [0.4, 0.5) is 0 Å². The van der Waals surface area contributed by atoms with Gasteiger partial charge in [0.25, 0.3) is 0 Å². The van der Waals surface area contributed by atoms with Crippen LogP contribution in [0.25, 0.3) is 5.57 Å². The van der Waals surface area contributed by atoms with E-state index in [9.17, 15) is 14.7 Å². The van der Waals surface area contributed by atoms with Gasteiger partial charge in [0.1, 0.15) is 0 Å². The molecule has 5 aliphatic carbocycles. The average Bonchev–Trinajstić information content (AvgIpc) is 3.36. The largest absolute Gasteiger partial charge is 0.465 e. The highest BCUT2D eigenvalue weighted by atomic mass is 16.5. The molecular formula is C43H64N2O4. The van der Waals surface area contributed by atoms with E-state index in [1.54, 1.807) is 0 Å². The summed E-state index contributed by atoms with van der Waals surface area (Å²) in [6, 6.07) is 8.01. The smallest absolute Gasteiger partial charge is 0.337 e. The number of hydrogen-bond acceptors (Lipinski definition) is 6. The number of methoxy groups -OCH3 is 1. The van der Waals surface area contributed by atoms with Gasteiger partial charge in [-0.25, -0.2) is 4.79 Å². The fourth-order valence-corrected chi connectivity index (χ4v) is 12.8. The summed E-state index contributed by atoms with van der Waals surface area (Å²) in [5.41, 5.74) is 5.56. The Morgan fingerprint density at radius 2 is 1.67 bits per heavy atom. The van der Waals surface area contributed by atoms with E-state index >= 15 is 0 Å². The first kappa shape index (κ1) is 36.5. The van der Waals surface area contributed by atoms with E-state index in [0.717, 1.165) is 44.3 Å². The molecular weight excluding hydrogens is 608 g/mol. The molecule has 8 atom stereocenters. The van der Waals surface area contributed by atoms with Crippen LogP contribution in [0.15, 0.2) is 41.5 Å². The highest BCUT2D eigenvalue weighted by Crippen LogP contribution is 2.77. The molecule has 0 aliphatic heterocycles. The summed E-state index contributed by atoms with van der Waals surface area (Å²) in [6.07, 6.45) is 10.1. The van der Waals surface area contributed by atoms with Gasteiger partial charge in [-0.15, -0.1) is 0 Å². The maximum Gasteiger partial charge on any atom is 0.337 e. The first-order valence-corrected chi connectivity index (χ1v) is 19.2. The van der Waals surface area contributed by atoms with Crippen LogP contribution in [0.5, 0.6) is 0 Å². The van der Waals surface area contributed by atoms with Gasteiger partial charge < -0.3 is 20.1 Å². The molecule has 0 bridgehead atoms. The number of hydrogen-bond donors (Lipinski definition) is 2. The Balaban J connectivity index is 1.33. The molecule has 1 aromatic rings. The number of benzene rings is 1. The quantitative estimate of drug-likeness (QED) is 0.205. The van der Waals surface area contributed by atoms with Crippen LogP contribution in [0.2, 0.25) is 0 Å². The number of rotatable bonds is 9. The van der Waals surface area contributed by atoms with Crippen LogP contribution in [0.1, 0.15) is 116 Å². The number of esters is 1. The Labute approximate surface area is 296 Å². The van der Waals surface area contributed by atoms with E-state index in [0.29, 0.717) is 36.3 Å². The van der Waals surface area contributed by atoms with Crippen molar-refractivity contribution in [3.05, 3.63) is 52.6 Å². The molecule has 6 nitrogen and oxygen atoms in total. The van der Waals surface area contributed by atoms with E-state index in [4.69, 9.17) is 4.74 Å². The van der Waals surface area contributed by atoms with E-state index in [1.807, 2.05) is 12.1 Å². The number of aliphatic hydroxyl groups is 1. The third-order valence-electron chi connectivity index (χ3n) is 15.4. The van der Waals surface area contributed by atoms with Crippen LogP contribution in [-0.2, 0) is 9.53 Å². The lowest BCUT2D eigenvalue weighted by atomic mass is 9.33. The number of likely N-dealkylation sites (N-methyl/N-ethyl adjacent to an activating group) is 1. The number of ether oxygens (including phenoxy) is 1. The molecule has 2 N–H and O–H groups in total. The van der Waals surface area contributed by atoms with Gasteiger partial charge in [-0.3, -0.25) is 4.79 Å². The normalized spacial score (nSPS) is 37.3. The topological polar surface area (TPSA) is 78.9 Å². The Bertz CT molecular complexity index is 1520. The summed E-state index contributed by atoms with van der Waals surface area (Å²) in [6.45, 7) is 19.4. The molecule has 0 aromatic heterocycles. The van der Waals surface area contributed by atoms with Gasteiger partial charge in [-0.1, -0.05) is 72.2 Å². The molecule has 49 heavy (non-hydrogen) atoms. The van der Waals surface area contributed by atoms with Crippen LogP contribution < -0.4 is 5.32 Å².